The van der Waals surface area contributed by atoms with E-state index in [0.717, 1.165) is 41.9 Å². The van der Waals surface area contributed by atoms with Gasteiger partial charge in [0.2, 0.25) is 0 Å². The first kappa shape index (κ1) is 16.7. The van der Waals surface area contributed by atoms with Gasteiger partial charge >= 0.3 is 6.03 Å². The lowest BCUT2D eigenvalue weighted by Gasteiger charge is -2.32. The van der Waals surface area contributed by atoms with Crippen LogP contribution in [0.2, 0.25) is 5.02 Å². The Morgan fingerprint density at radius 3 is 2.92 bits per heavy atom. The first-order valence-electron chi connectivity index (χ1n) is 8.14. The highest BCUT2D eigenvalue weighted by Crippen LogP contribution is 2.29. The summed E-state index contributed by atoms with van der Waals surface area (Å²) in [5.41, 5.74) is 3.71. The maximum absolute atomic E-state index is 12.7. The summed E-state index contributed by atoms with van der Waals surface area (Å²) in [4.78, 5) is 22.9. The van der Waals surface area contributed by atoms with Gasteiger partial charge in [-0.25, -0.2) is 14.8 Å². The molecule has 3 rings (SSSR count). The van der Waals surface area contributed by atoms with Crippen LogP contribution in [0.5, 0.6) is 0 Å². The molecule has 1 aliphatic heterocycles. The predicted octanol–water partition coefficient (Wildman–Crippen LogP) is 4.16. The molecule has 0 radical (unpaired) electrons. The fraction of sp³-hybridized carbons (Fsp3) is 0.389. The second kappa shape index (κ2) is 7.18. The lowest BCUT2D eigenvalue weighted by molar-refractivity contribution is 0.192. The van der Waals surface area contributed by atoms with E-state index in [0.29, 0.717) is 11.6 Å². The number of rotatable bonds is 2. The van der Waals surface area contributed by atoms with Crippen LogP contribution >= 0.6 is 11.6 Å². The van der Waals surface area contributed by atoms with Crippen LogP contribution in [-0.2, 0) is 0 Å². The van der Waals surface area contributed by atoms with Gasteiger partial charge in [-0.3, -0.25) is 0 Å². The molecule has 1 atom stereocenters. The molecule has 2 aromatic rings. The molecule has 0 aliphatic carbocycles. The molecule has 0 bridgehead atoms. The Hall–Kier alpha value is -2.14. The Morgan fingerprint density at radius 2 is 2.17 bits per heavy atom. The molecule has 0 saturated carbocycles. The van der Waals surface area contributed by atoms with Crippen molar-refractivity contribution >= 4 is 23.3 Å². The van der Waals surface area contributed by atoms with Crippen molar-refractivity contribution < 1.29 is 4.79 Å². The Labute approximate surface area is 147 Å². The smallest absolute Gasteiger partial charge is 0.321 e. The van der Waals surface area contributed by atoms with E-state index in [2.05, 4.69) is 15.3 Å². The lowest BCUT2D eigenvalue weighted by atomic mass is 9.95. The van der Waals surface area contributed by atoms with E-state index in [-0.39, 0.29) is 11.9 Å². The van der Waals surface area contributed by atoms with Crippen molar-refractivity contribution in [2.75, 3.05) is 18.4 Å². The van der Waals surface area contributed by atoms with Crippen LogP contribution in [0.3, 0.4) is 0 Å². The molecule has 5 nitrogen and oxygen atoms in total. The van der Waals surface area contributed by atoms with Crippen molar-refractivity contribution in [2.24, 2.45) is 0 Å². The summed E-state index contributed by atoms with van der Waals surface area (Å²) in [5.74, 6) is 0.258. The minimum Gasteiger partial charge on any atom is -0.324 e. The van der Waals surface area contributed by atoms with E-state index in [1.54, 1.807) is 12.5 Å². The molecule has 0 spiro atoms. The molecule has 2 heterocycles. The number of benzene rings is 1. The zero-order valence-corrected chi connectivity index (χ0v) is 14.7. The molecule has 1 N–H and O–H groups in total. The van der Waals surface area contributed by atoms with Gasteiger partial charge in [-0.1, -0.05) is 17.7 Å². The van der Waals surface area contributed by atoms with Gasteiger partial charge in [0.25, 0.3) is 0 Å². The Morgan fingerprint density at radius 1 is 1.33 bits per heavy atom. The number of anilines is 1. The van der Waals surface area contributed by atoms with Crippen LogP contribution in [0.1, 0.15) is 35.6 Å². The predicted molar refractivity (Wildman–Crippen MR) is 95.5 cm³/mol. The molecule has 0 unspecified atom stereocenters. The number of halogens is 1. The molecule has 6 heteroatoms. The summed E-state index contributed by atoms with van der Waals surface area (Å²) >= 11 is 6.18. The quantitative estimate of drug-likeness (QED) is 0.890. The van der Waals surface area contributed by atoms with Gasteiger partial charge in [-0.2, -0.15) is 0 Å². The summed E-state index contributed by atoms with van der Waals surface area (Å²) in [6, 6.07) is 5.62. The topological polar surface area (TPSA) is 58.1 Å². The maximum atomic E-state index is 12.7. The monoisotopic (exact) mass is 344 g/mol. The molecule has 1 saturated heterocycles. The third-order valence-electron chi connectivity index (χ3n) is 4.57. The van der Waals surface area contributed by atoms with Gasteiger partial charge in [-0.05, 0) is 49.9 Å². The van der Waals surface area contributed by atoms with Crippen molar-refractivity contribution in [1.82, 2.24) is 14.9 Å². The number of aromatic nitrogens is 2. The summed E-state index contributed by atoms with van der Waals surface area (Å²) < 4.78 is 0. The summed E-state index contributed by atoms with van der Waals surface area (Å²) in [7, 11) is 0. The number of carbonyl (C=O) groups excluding carboxylic acids is 1. The molecule has 2 amide bonds. The first-order chi connectivity index (χ1) is 11.6. The zero-order chi connectivity index (χ0) is 17.1. The second-order valence-corrected chi connectivity index (χ2v) is 6.62. The number of likely N-dealkylation sites (tertiary alicyclic amines) is 1. The average molecular weight is 345 g/mol. The van der Waals surface area contributed by atoms with Gasteiger partial charge in [-0.15, -0.1) is 0 Å². The molecule has 126 valence electrons. The largest absolute Gasteiger partial charge is 0.324 e. The summed E-state index contributed by atoms with van der Waals surface area (Å²) in [5, 5.41) is 3.69. The van der Waals surface area contributed by atoms with Crippen LogP contribution in [0, 0.1) is 13.8 Å². The van der Waals surface area contributed by atoms with Crippen LogP contribution in [0.25, 0.3) is 0 Å². The number of carbonyl (C=O) groups is 1. The molecule has 1 aromatic heterocycles. The molecular weight excluding hydrogens is 324 g/mol. The van der Waals surface area contributed by atoms with E-state index in [4.69, 9.17) is 11.6 Å². The Balaban J connectivity index is 1.73. The number of aryl methyl sites for hydroxylation is 1. The molecule has 1 aliphatic rings. The van der Waals surface area contributed by atoms with E-state index in [9.17, 15) is 4.79 Å². The minimum atomic E-state index is -0.0813. The van der Waals surface area contributed by atoms with Crippen molar-refractivity contribution in [2.45, 2.75) is 32.6 Å². The van der Waals surface area contributed by atoms with E-state index in [1.165, 1.54) is 0 Å². The Bertz CT molecular complexity index is 735. The Kier molecular flexibility index (Phi) is 5.00. The van der Waals surface area contributed by atoms with E-state index >= 15 is 0 Å². The summed E-state index contributed by atoms with van der Waals surface area (Å²) in [6.45, 7) is 5.32. The van der Waals surface area contributed by atoms with E-state index < -0.39 is 0 Å². The fourth-order valence-corrected chi connectivity index (χ4v) is 3.30. The van der Waals surface area contributed by atoms with Gasteiger partial charge < -0.3 is 10.2 Å². The van der Waals surface area contributed by atoms with Crippen LogP contribution in [-0.4, -0.2) is 34.0 Å². The number of nitrogens with zero attached hydrogens (tertiary/aromatic N) is 3. The minimum absolute atomic E-state index is 0.0813. The summed E-state index contributed by atoms with van der Waals surface area (Å²) in [6.07, 6.45) is 5.32. The van der Waals surface area contributed by atoms with Crippen LogP contribution in [0.4, 0.5) is 10.5 Å². The molecule has 1 aromatic carbocycles. The molecule has 24 heavy (non-hydrogen) atoms. The SMILES string of the molecule is Cc1ccc(Cl)c(C)c1NC(=O)N1CCC[C@@H](c2ccncn2)C1. The number of hydrogen-bond donors (Lipinski definition) is 1. The van der Waals surface area contributed by atoms with Gasteiger partial charge in [0.15, 0.2) is 0 Å². The van der Waals surface area contributed by atoms with Crippen molar-refractivity contribution in [3.05, 3.63) is 52.6 Å². The number of urea groups is 1. The highest BCUT2D eigenvalue weighted by Gasteiger charge is 2.26. The molecular formula is C18H21ClN4O. The van der Waals surface area contributed by atoms with Crippen LogP contribution in [0.15, 0.2) is 30.7 Å². The van der Waals surface area contributed by atoms with Gasteiger partial charge in [0.05, 0.1) is 0 Å². The average Bonchev–Trinajstić information content (AvgIpc) is 2.62. The highest BCUT2D eigenvalue weighted by atomic mass is 35.5. The normalized spacial score (nSPS) is 17.6. The zero-order valence-electron chi connectivity index (χ0n) is 13.9. The third kappa shape index (κ3) is 3.51. The van der Waals surface area contributed by atoms with Crippen LogP contribution < -0.4 is 5.32 Å². The van der Waals surface area contributed by atoms with Gasteiger partial charge in [0, 0.05) is 41.6 Å². The van der Waals surface area contributed by atoms with E-state index in [1.807, 2.05) is 36.9 Å². The van der Waals surface area contributed by atoms with Crippen molar-refractivity contribution in [3.63, 3.8) is 0 Å². The highest BCUT2D eigenvalue weighted by molar-refractivity contribution is 6.31. The number of piperidine rings is 1. The second-order valence-electron chi connectivity index (χ2n) is 6.21. The van der Waals surface area contributed by atoms with Crippen molar-refractivity contribution in [1.29, 1.82) is 0 Å². The lowest BCUT2D eigenvalue weighted by Crippen LogP contribution is -2.42. The number of nitrogens with one attached hydrogen (secondary N) is 1. The first-order valence-corrected chi connectivity index (χ1v) is 8.51. The number of amides is 2. The fourth-order valence-electron chi connectivity index (χ4n) is 3.15. The maximum Gasteiger partial charge on any atom is 0.321 e. The third-order valence-corrected chi connectivity index (χ3v) is 4.98. The standard InChI is InChI=1S/C18H21ClN4O/c1-12-5-6-15(19)13(2)17(12)22-18(24)23-9-3-4-14(10-23)16-7-8-20-11-21-16/h5-8,11,14H,3-4,9-10H2,1-2H3,(H,22,24)/t14-/m1/s1. The molecule has 1 fully saturated rings. The van der Waals surface area contributed by atoms with Crippen molar-refractivity contribution in [3.8, 4) is 0 Å². The number of hydrogen-bond acceptors (Lipinski definition) is 3. The van der Waals surface area contributed by atoms with Gasteiger partial charge in [0.1, 0.15) is 6.33 Å².